The summed E-state index contributed by atoms with van der Waals surface area (Å²) in [6.07, 6.45) is -3.02. The molecule has 0 saturated carbocycles. The number of benzene rings is 3. The summed E-state index contributed by atoms with van der Waals surface area (Å²) >= 11 is 1.09. The topological polar surface area (TPSA) is 601 Å². The molecular weight excluding hydrogens is 1560 g/mol. The standard InChI is InChI=1S/C80H104N14O23S/c1-7-8-9-14-26-116-49-23-21-46(22-24-49)48-31-65(118-40-48)78(113)92-58(30-47-36-84-54-19-13-11-16-50(47)54)77(112)90-56(34-66(83)100)62(97)28-43(4)73(108)94-71-45(6)117-80(115)59(33-61(96)51-17-10-12-18-53(51)82)93-75(110)52(41(2)29-69(103)104)32-64(99)60(39-95)89-68(102)37-85-74(109)44(5)87-72(107)42(3)27-63(98)57(35-70(105)106)91-76(111)55(20-15-25-81)88-67(101)38-86-79(71)114/h10-13,16-19,21-24,31,36,40-45,52,55-60,71,84,95H,7-9,14-15,20,25-30,32-35,37-39,81-82H2,1-6H3,(H2,83,100)(H,85,109)(H,86,114)(H,87,107)(H,88,101)(H,89,102)(H,90,112)(H,91,111)(H,92,113)(H,93,110)(H,94,108)(H,103,104)(H,105,106)/t41-,42+,43-,44+,45-,52+,55+,56-,57+,58+,59+,60-,71+/m1/s1. The molecule has 118 heavy (non-hydrogen) atoms. The molecule has 638 valence electrons. The highest BCUT2D eigenvalue weighted by molar-refractivity contribution is 7.12. The van der Waals surface area contributed by atoms with E-state index in [1.54, 1.807) is 41.9 Å². The number of unbranched alkanes of at least 4 members (excludes halogenated alkanes) is 3. The Balaban J connectivity index is 1.34. The van der Waals surface area contributed by atoms with E-state index in [-0.39, 0.29) is 41.9 Å². The molecule has 6 rings (SSSR count). The molecule has 11 amide bonds. The largest absolute Gasteiger partial charge is 0.494 e. The van der Waals surface area contributed by atoms with E-state index in [9.17, 15) is 102 Å². The number of H-pyrrole nitrogens is 1. The molecule has 2 aromatic heterocycles. The van der Waals surface area contributed by atoms with E-state index in [4.69, 9.17) is 26.7 Å². The third-order valence-corrected chi connectivity index (χ3v) is 20.4. The van der Waals surface area contributed by atoms with Crippen molar-refractivity contribution < 1.29 is 111 Å². The molecule has 0 bridgehead atoms. The first-order valence-electron chi connectivity index (χ1n) is 38.5. The number of carbonyl (C=O) groups excluding carboxylic acids is 16. The molecule has 1 fully saturated rings. The fourth-order valence-corrected chi connectivity index (χ4v) is 13.5. The Hall–Kier alpha value is -12.3. The van der Waals surface area contributed by atoms with Gasteiger partial charge in [0.15, 0.2) is 23.1 Å². The number of aromatic amines is 1. The summed E-state index contributed by atoms with van der Waals surface area (Å²) in [4.78, 5) is 253. The van der Waals surface area contributed by atoms with Crippen LogP contribution in [-0.2, 0) is 87.9 Å². The number of para-hydroxylation sites is 2. The van der Waals surface area contributed by atoms with E-state index in [1.165, 1.54) is 52.0 Å². The number of hydrogen-bond donors (Lipinski definition) is 17. The normalized spacial score (nSPS) is 21.1. The first kappa shape index (κ1) is 94.5. The van der Waals surface area contributed by atoms with Crippen molar-refractivity contribution in [2.75, 3.05) is 38.6 Å². The van der Waals surface area contributed by atoms with Crippen LogP contribution in [-0.4, -0.2) is 214 Å². The average Bonchev–Trinajstić information content (AvgIpc) is 1.60. The fourth-order valence-electron chi connectivity index (χ4n) is 12.7. The number of fused-ring (bicyclic) bond motifs is 1. The van der Waals surface area contributed by atoms with Crippen LogP contribution in [0.15, 0.2) is 90.4 Å². The van der Waals surface area contributed by atoms with Gasteiger partial charge >= 0.3 is 17.9 Å². The second-order valence-electron chi connectivity index (χ2n) is 29.0. The minimum Gasteiger partial charge on any atom is -0.494 e. The number of esters is 1. The van der Waals surface area contributed by atoms with Gasteiger partial charge in [-0.2, -0.15) is 0 Å². The summed E-state index contributed by atoms with van der Waals surface area (Å²) < 4.78 is 11.7. The van der Waals surface area contributed by atoms with Crippen molar-refractivity contribution >= 4 is 134 Å². The maximum absolute atomic E-state index is 14.9. The van der Waals surface area contributed by atoms with Gasteiger partial charge in [-0.25, -0.2) is 4.79 Å². The highest BCUT2D eigenvalue weighted by Gasteiger charge is 2.40. The van der Waals surface area contributed by atoms with E-state index >= 15 is 0 Å². The Morgan fingerprint density at radius 3 is 1.96 bits per heavy atom. The number of aromatic nitrogens is 1. The number of ketones is 4. The van der Waals surface area contributed by atoms with Crippen LogP contribution >= 0.6 is 11.3 Å². The number of primary amides is 1. The molecule has 0 aliphatic carbocycles. The van der Waals surface area contributed by atoms with Crippen LogP contribution in [0.2, 0.25) is 0 Å². The number of nitrogen functional groups attached to an aromatic ring is 1. The van der Waals surface area contributed by atoms with Gasteiger partial charge in [0.1, 0.15) is 48.1 Å². The van der Waals surface area contributed by atoms with Crippen molar-refractivity contribution in [3.63, 3.8) is 0 Å². The van der Waals surface area contributed by atoms with Gasteiger partial charge in [-0.05, 0) is 104 Å². The van der Waals surface area contributed by atoms with Gasteiger partial charge in [-0.15, -0.1) is 11.3 Å². The van der Waals surface area contributed by atoms with Crippen molar-refractivity contribution in [2.24, 2.45) is 35.1 Å². The second-order valence-corrected chi connectivity index (χ2v) is 29.9. The summed E-state index contributed by atoms with van der Waals surface area (Å²) in [5.41, 5.74) is 20.0. The predicted molar refractivity (Wildman–Crippen MR) is 427 cm³/mol. The Bertz CT molecular complexity index is 4470. The maximum atomic E-state index is 14.9. The second kappa shape index (κ2) is 46.4. The lowest BCUT2D eigenvalue weighted by Crippen LogP contribution is -2.58. The number of ether oxygens (including phenoxy) is 2. The lowest BCUT2D eigenvalue weighted by atomic mass is 9.84. The quantitative estimate of drug-likeness (QED) is 0.0121. The third-order valence-electron chi connectivity index (χ3n) is 19.5. The zero-order chi connectivity index (χ0) is 87.0. The smallest absolute Gasteiger partial charge is 0.329 e. The number of hydrogen-bond acceptors (Lipinski definition) is 24. The predicted octanol–water partition coefficient (Wildman–Crippen LogP) is 0.601. The number of aliphatic carboxylic acids is 2. The van der Waals surface area contributed by atoms with E-state index in [2.05, 4.69) is 65.1 Å². The minimum atomic E-state index is -2.19. The molecule has 0 unspecified atom stereocenters. The molecule has 13 atom stereocenters. The Kier molecular flexibility index (Phi) is 37.2. The number of carboxylic acid groups (broad SMARTS) is 2. The van der Waals surface area contributed by atoms with Gasteiger partial charge in [0.2, 0.25) is 59.1 Å². The van der Waals surface area contributed by atoms with Gasteiger partial charge in [0, 0.05) is 84.6 Å². The van der Waals surface area contributed by atoms with Crippen molar-refractivity contribution in [3.05, 3.63) is 106 Å². The van der Waals surface area contributed by atoms with Crippen LogP contribution < -0.4 is 75.1 Å². The summed E-state index contributed by atoms with van der Waals surface area (Å²) in [6.45, 7) is 5.28. The zero-order valence-corrected chi connectivity index (χ0v) is 67.1. The summed E-state index contributed by atoms with van der Waals surface area (Å²) in [6, 6.07) is 7.12. The number of carboxylic acids is 2. The van der Waals surface area contributed by atoms with Crippen molar-refractivity contribution in [3.8, 4) is 16.9 Å². The molecule has 0 radical (unpaired) electrons. The van der Waals surface area contributed by atoms with E-state index < -0.39 is 249 Å². The number of rotatable bonds is 32. The van der Waals surface area contributed by atoms with E-state index in [0.717, 1.165) is 49.5 Å². The van der Waals surface area contributed by atoms with Crippen LogP contribution in [0.25, 0.3) is 22.0 Å². The van der Waals surface area contributed by atoms with E-state index in [0.29, 0.717) is 34.4 Å². The van der Waals surface area contributed by atoms with Gasteiger partial charge in [0.05, 0.1) is 56.1 Å². The third kappa shape index (κ3) is 29.4. The summed E-state index contributed by atoms with van der Waals surface area (Å²) in [7, 11) is 0. The molecule has 1 aliphatic heterocycles. The summed E-state index contributed by atoms with van der Waals surface area (Å²) in [5, 5.41) is 56.2. The highest BCUT2D eigenvalue weighted by atomic mass is 32.1. The zero-order valence-electron chi connectivity index (χ0n) is 66.2. The maximum Gasteiger partial charge on any atom is 0.329 e. The molecule has 1 aliphatic rings. The molecular formula is C80H104N14O23S. The monoisotopic (exact) mass is 1660 g/mol. The molecule has 38 heteroatoms. The van der Waals surface area contributed by atoms with Gasteiger partial charge < -0.3 is 100 Å². The molecule has 20 N–H and O–H groups in total. The van der Waals surface area contributed by atoms with Crippen molar-refractivity contribution in [1.29, 1.82) is 0 Å². The lowest BCUT2D eigenvalue weighted by Gasteiger charge is -2.29. The number of thiophene rings is 1. The van der Waals surface area contributed by atoms with Crippen LogP contribution in [0, 0.1) is 23.7 Å². The summed E-state index contributed by atoms with van der Waals surface area (Å²) in [5.74, 6) is -26.0. The number of amides is 11. The number of aliphatic hydroxyl groups is 1. The number of anilines is 1. The number of nitrogens with one attached hydrogen (secondary N) is 11. The van der Waals surface area contributed by atoms with Crippen LogP contribution in [0.5, 0.6) is 5.75 Å². The van der Waals surface area contributed by atoms with Gasteiger partial charge in [-0.3, -0.25) is 81.5 Å². The Morgan fingerprint density at radius 2 is 1.31 bits per heavy atom. The molecule has 0 spiro atoms. The van der Waals surface area contributed by atoms with Crippen molar-refractivity contribution in [2.45, 2.75) is 186 Å². The number of cyclic esters (lactones) is 1. The van der Waals surface area contributed by atoms with Crippen LogP contribution in [0.1, 0.15) is 151 Å². The first-order valence-corrected chi connectivity index (χ1v) is 39.4. The Morgan fingerprint density at radius 1 is 0.653 bits per heavy atom. The molecule has 5 aromatic rings. The average molecular weight is 1660 g/mol. The molecule has 3 heterocycles. The lowest BCUT2D eigenvalue weighted by molar-refractivity contribution is -0.156. The number of nitrogens with two attached hydrogens (primary N) is 3. The number of Topliss-reactive ketones (excluding diaryl/α,β-unsaturated/α-hetero) is 4. The number of aliphatic hydroxyl groups excluding tert-OH is 1. The molecule has 3 aromatic carbocycles. The van der Waals surface area contributed by atoms with Gasteiger partial charge in [0.25, 0.3) is 5.91 Å². The SMILES string of the molecule is CCCCCCOc1ccc(-c2csc(C(=O)N[C@@H](Cc3c[nH]c4ccccc34)C(=O)N[C@H](CC(N)=O)C(=O)C[C@@H](C)C(=O)N[C@@H]3C(=O)NCC(=O)N[C@@H](CCCN)C(=O)N[C@@H](CC(=O)O)C(=O)C[C@H](C)C(=O)N[C@@H](C)C(=O)NCC(=O)N[C@H](CO)C(=O)C[C@@H]([C@H](C)CC(=O)O)C(=O)N[C@@H](CC(=O)c4ccccc4N)C(=O)O[C@@H]3C)c2)cc1. The Labute approximate surface area is 683 Å². The van der Waals surface area contributed by atoms with Crippen LogP contribution in [0.3, 0.4) is 0 Å². The minimum absolute atomic E-state index is 0.00679. The van der Waals surface area contributed by atoms with Gasteiger partial charge in [-0.1, -0.05) is 89.4 Å². The first-order chi connectivity index (χ1) is 56.0. The van der Waals surface area contributed by atoms with Crippen molar-refractivity contribution in [1.82, 2.24) is 58.2 Å². The molecule has 1 saturated heterocycles. The highest BCUT2D eigenvalue weighted by Crippen LogP contribution is 2.29. The fraction of sp³-hybridized carbons (Fsp3) is 0.475. The van der Waals surface area contributed by atoms with Crippen LogP contribution in [0.4, 0.5) is 5.69 Å². The molecule has 37 nitrogen and oxygen atoms in total. The van der Waals surface area contributed by atoms with E-state index in [1.807, 2.05) is 24.3 Å². The number of carbonyl (C=O) groups is 18.